The van der Waals surface area contributed by atoms with E-state index in [0.29, 0.717) is 5.92 Å². The second-order valence-electron chi connectivity index (χ2n) is 7.24. The number of allylic oxidation sites excluding steroid dienone is 1. The van der Waals surface area contributed by atoms with E-state index in [-0.39, 0.29) is 6.10 Å². The topological polar surface area (TPSA) is 20.2 Å². The van der Waals surface area contributed by atoms with Crippen molar-refractivity contribution in [1.29, 1.82) is 0 Å². The molecule has 18 heavy (non-hydrogen) atoms. The first-order chi connectivity index (χ1) is 8.86. The molecule has 0 heterocycles. The highest BCUT2D eigenvalue weighted by molar-refractivity contribution is 5.22. The van der Waals surface area contributed by atoms with E-state index in [1.54, 1.807) is 0 Å². The summed E-state index contributed by atoms with van der Waals surface area (Å²) in [6.45, 7) is 0. The number of rotatable bonds is 2. The fourth-order valence-corrected chi connectivity index (χ4v) is 5.55. The normalized spacial score (nSPS) is 48.1. The average Bonchev–Trinajstić information content (AvgIpc) is 2.77. The molecule has 1 N–H and O–H groups in total. The largest absolute Gasteiger partial charge is 0.388 e. The molecule has 4 aliphatic rings. The maximum absolute atomic E-state index is 10.7. The van der Waals surface area contributed by atoms with Crippen molar-refractivity contribution in [2.24, 2.45) is 29.6 Å². The minimum Gasteiger partial charge on any atom is -0.388 e. The van der Waals surface area contributed by atoms with E-state index in [1.807, 2.05) is 0 Å². The zero-order chi connectivity index (χ0) is 12.1. The van der Waals surface area contributed by atoms with Crippen LogP contribution >= 0.6 is 0 Å². The predicted octanol–water partition coefficient (Wildman–Crippen LogP) is 3.92. The first-order valence-electron chi connectivity index (χ1n) is 8.23. The second-order valence-corrected chi connectivity index (χ2v) is 7.24. The Kier molecular flexibility index (Phi) is 2.80. The molecule has 0 spiro atoms. The number of aliphatic hydroxyl groups excluding tert-OH is 1. The molecular weight excluding hydrogens is 220 g/mol. The van der Waals surface area contributed by atoms with Crippen LogP contribution in [0, 0.1) is 29.6 Å². The smallest absolute Gasteiger partial charge is 0.0783 e. The van der Waals surface area contributed by atoms with E-state index in [4.69, 9.17) is 0 Å². The van der Waals surface area contributed by atoms with Gasteiger partial charge >= 0.3 is 0 Å². The lowest BCUT2D eigenvalue weighted by Crippen LogP contribution is -2.19. The third-order valence-electron chi connectivity index (χ3n) is 6.37. The Bertz CT molecular complexity index is 343. The Hall–Kier alpha value is -0.300. The van der Waals surface area contributed by atoms with E-state index in [9.17, 15) is 5.11 Å². The molecule has 0 saturated heterocycles. The highest BCUT2D eigenvalue weighted by Gasteiger charge is 2.66. The van der Waals surface area contributed by atoms with Crippen molar-refractivity contribution in [3.63, 3.8) is 0 Å². The Morgan fingerprint density at radius 3 is 2.50 bits per heavy atom. The van der Waals surface area contributed by atoms with Crippen LogP contribution in [0.1, 0.15) is 57.8 Å². The highest BCUT2D eigenvalue weighted by atomic mass is 16.3. The van der Waals surface area contributed by atoms with Gasteiger partial charge in [-0.25, -0.2) is 0 Å². The molecule has 0 aromatic carbocycles. The monoisotopic (exact) mass is 246 g/mol. The third-order valence-corrected chi connectivity index (χ3v) is 6.37. The maximum atomic E-state index is 10.7. The van der Waals surface area contributed by atoms with Crippen molar-refractivity contribution < 1.29 is 5.11 Å². The number of hydrogen-bond acceptors (Lipinski definition) is 1. The van der Waals surface area contributed by atoms with Crippen molar-refractivity contribution >= 4 is 0 Å². The number of fused-ring (bicyclic) bond motifs is 5. The molecule has 3 fully saturated rings. The van der Waals surface area contributed by atoms with Gasteiger partial charge in [0, 0.05) is 0 Å². The molecule has 0 aliphatic heterocycles. The van der Waals surface area contributed by atoms with Gasteiger partial charge in [0.05, 0.1) is 6.10 Å². The molecule has 5 atom stereocenters. The zero-order valence-corrected chi connectivity index (χ0v) is 11.4. The molecule has 3 saturated carbocycles. The molecule has 0 radical (unpaired) electrons. The summed E-state index contributed by atoms with van der Waals surface area (Å²) in [5, 5.41) is 10.7. The summed E-state index contributed by atoms with van der Waals surface area (Å²) in [6, 6.07) is 0. The maximum Gasteiger partial charge on any atom is 0.0783 e. The van der Waals surface area contributed by atoms with Gasteiger partial charge in [-0.05, 0) is 80.1 Å². The van der Waals surface area contributed by atoms with Crippen LogP contribution in [0.2, 0.25) is 0 Å². The summed E-state index contributed by atoms with van der Waals surface area (Å²) < 4.78 is 0. The Balaban J connectivity index is 1.46. The molecule has 0 amide bonds. The quantitative estimate of drug-likeness (QED) is 0.732. The van der Waals surface area contributed by atoms with Gasteiger partial charge in [0.25, 0.3) is 0 Å². The molecule has 1 heteroatoms. The van der Waals surface area contributed by atoms with Crippen LogP contribution in [-0.2, 0) is 0 Å². The molecule has 4 aliphatic carbocycles. The number of aliphatic hydroxyl groups is 1. The molecule has 1 nitrogen and oxygen atoms in total. The van der Waals surface area contributed by atoms with Crippen LogP contribution in [-0.4, -0.2) is 11.2 Å². The summed E-state index contributed by atoms with van der Waals surface area (Å²) in [4.78, 5) is 0. The van der Waals surface area contributed by atoms with E-state index in [2.05, 4.69) is 6.08 Å². The van der Waals surface area contributed by atoms with Crippen LogP contribution in [0.15, 0.2) is 11.6 Å². The van der Waals surface area contributed by atoms with E-state index >= 15 is 0 Å². The lowest BCUT2D eigenvalue weighted by molar-refractivity contribution is 0.157. The predicted molar refractivity (Wildman–Crippen MR) is 73.1 cm³/mol. The minimum atomic E-state index is -0.0681. The van der Waals surface area contributed by atoms with Crippen LogP contribution in [0.3, 0.4) is 0 Å². The fraction of sp³-hybridized carbons (Fsp3) is 0.882. The van der Waals surface area contributed by atoms with Gasteiger partial charge in [-0.3, -0.25) is 0 Å². The first kappa shape index (κ1) is 11.5. The fourth-order valence-electron chi connectivity index (χ4n) is 5.55. The summed E-state index contributed by atoms with van der Waals surface area (Å²) in [7, 11) is 0. The first-order valence-corrected chi connectivity index (χ1v) is 8.23. The summed E-state index contributed by atoms with van der Waals surface area (Å²) in [5.41, 5.74) is 1.41. The van der Waals surface area contributed by atoms with Gasteiger partial charge in [-0.15, -0.1) is 0 Å². The van der Waals surface area contributed by atoms with Crippen molar-refractivity contribution in [3.05, 3.63) is 11.6 Å². The third kappa shape index (κ3) is 1.70. The highest BCUT2D eigenvalue weighted by Crippen LogP contribution is 2.70. The van der Waals surface area contributed by atoms with Gasteiger partial charge in [-0.2, -0.15) is 0 Å². The molecular formula is C17H26O. The van der Waals surface area contributed by atoms with Crippen molar-refractivity contribution in [2.75, 3.05) is 0 Å². The molecule has 4 rings (SSSR count). The molecule has 2 bridgehead atoms. The Labute approximate surface area is 111 Å². The van der Waals surface area contributed by atoms with Gasteiger partial charge in [0.1, 0.15) is 0 Å². The van der Waals surface area contributed by atoms with Crippen molar-refractivity contribution in [2.45, 2.75) is 63.9 Å². The van der Waals surface area contributed by atoms with Crippen LogP contribution in [0.25, 0.3) is 0 Å². The second kappa shape index (κ2) is 4.37. The van der Waals surface area contributed by atoms with E-state index in [1.165, 1.54) is 63.4 Å². The average molecular weight is 246 g/mol. The minimum absolute atomic E-state index is 0.0681. The standard InChI is InChI=1S/C17H26O/c18-17(11-6-4-2-1-3-5-7-11)16-14-12-8-9-13(10-12)15(14)16/h6,12-18H,1-5,7-10H2. The lowest BCUT2D eigenvalue weighted by Gasteiger charge is -2.20. The van der Waals surface area contributed by atoms with Crippen molar-refractivity contribution in [1.82, 2.24) is 0 Å². The lowest BCUT2D eigenvalue weighted by atomic mass is 9.90. The Morgan fingerprint density at radius 1 is 1.00 bits per heavy atom. The number of hydrogen-bond donors (Lipinski definition) is 1. The van der Waals surface area contributed by atoms with Crippen molar-refractivity contribution in [3.8, 4) is 0 Å². The zero-order valence-electron chi connectivity index (χ0n) is 11.4. The van der Waals surface area contributed by atoms with Crippen LogP contribution in [0.4, 0.5) is 0 Å². The van der Waals surface area contributed by atoms with Gasteiger partial charge in [-0.1, -0.05) is 18.9 Å². The van der Waals surface area contributed by atoms with Crippen LogP contribution < -0.4 is 0 Å². The molecule has 100 valence electrons. The SMILES string of the molecule is OC(C1=CCCCCCC1)C1C2C3CCC(C3)C21. The van der Waals surface area contributed by atoms with Gasteiger partial charge in [0.2, 0.25) is 0 Å². The van der Waals surface area contributed by atoms with Gasteiger partial charge in [0.15, 0.2) is 0 Å². The van der Waals surface area contributed by atoms with Crippen LogP contribution in [0.5, 0.6) is 0 Å². The van der Waals surface area contributed by atoms with Gasteiger partial charge < -0.3 is 5.11 Å². The summed E-state index contributed by atoms with van der Waals surface area (Å²) >= 11 is 0. The summed E-state index contributed by atoms with van der Waals surface area (Å²) in [5.74, 6) is 4.50. The summed E-state index contributed by atoms with van der Waals surface area (Å²) in [6.07, 6.45) is 14.5. The Morgan fingerprint density at radius 2 is 1.72 bits per heavy atom. The molecule has 0 aromatic heterocycles. The van der Waals surface area contributed by atoms with E-state index < -0.39 is 0 Å². The molecule has 0 aromatic rings. The van der Waals surface area contributed by atoms with E-state index in [0.717, 1.165) is 23.7 Å². The molecule has 5 unspecified atom stereocenters.